The van der Waals surface area contributed by atoms with Crippen molar-refractivity contribution >= 4 is 16.7 Å². The summed E-state index contributed by atoms with van der Waals surface area (Å²) in [6.07, 6.45) is 0.400. The summed E-state index contributed by atoms with van der Waals surface area (Å²) in [6, 6.07) is 14.1. The lowest BCUT2D eigenvalue weighted by atomic mass is 9.95. The summed E-state index contributed by atoms with van der Waals surface area (Å²) < 4.78 is 0. The summed E-state index contributed by atoms with van der Waals surface area (Å²) in [5, 5.41) is 12.0. The Morgan fingerprint density at radius 3 is 2.63 bits per heavy atom. The fraction of sp³-hybridized carbons (Fsp3) is 0.312. The van der Waals surface area contributed by atoms with Gasteiger partial charge >= 0.3 is 0 Å². The third-order valence-electron chi connectivity index (χ3n) is 3.64. The van der Waals surface area contributed by atoms with Gasteiger partial charge in [-0.2, -0.15) is 0 Å². The summed E-state index contributed by atoms with van der Waals surface area (Å²) >= 11 is 0. The lowest BCUT2D eigenvalue weighted by Crippen LogP contribution is -2.62. The van der Waals surface area contributed by atoms with Crippen LogP contribution >= 0.6 is 0 Å². The standard InChI is InChI=1S/C16H17NO2/c1-16(19)10-17(11-16)15(18)9-13-7-4-6-12-5-2-3-8-14(12)13/h2-8,19H,9-11H2,1H3. The van der Waals surface area contributed by atoms with E-state index >= 15 is 0 Å². The molecule has 1 aliphatic heterocycles. The molecule has 1 saturated heterocycles. The van der Waals surface area contributed by atoms with Crippen LogP contribution in [0.4, 0.5) is 0 Å². The molecule has 0 saturated carbocycles. The van der Waals surface area contributed by atoms with Crippen molar-refractivity contribution in [2.75, 3.05) is 13.1 Å². The van der Waals surface area contributed by atoms with E-state index in [1.807, 2.05) is 30.3 Å². The molecule has 3 nitrogen and oxygen atoms in total. The molecule has 1 amide bonds. The van der Waals surface area contributed by atoms with Crippen molar-refractivity contribution in [2.45, 2.75) is 18.9 Å². The van der Waals surface area contributed by atoms with Gasteiger partial charge in [0.1, 0.15) is 0 Å². The zero-order valence-electron chi connectivity index (χ0n) is 11.0. The van der Waals surface area contributed by atoms with E-state index in [1.165, 1.54) is 0 Å². The normalized spacial score (nSPS) is 17.3. The summed E-state index contributed by atoms with van der Waals surface area (Å²) in [7, 11) is 0. The number of fused-ring (bicyclic) bond motifs is 1. The summed E-state index contributed by atoms with van der Waals surface area (Å²) in [5.41, 5.74) is 0.351. The van der Waals surface area contributed by atoms with Crippen molar-refractivity contribution in [3.05, 3.63) is 48.0 Å². The van der Waals surface area contributed by atoms with E-state index < -0.39 is 5.60 Å². The van der Waals surface area contributed by atoms with Crippen molar-refractivity contribution in [3.63, 3.8) is 0 Å². The first-order valence-electron chi connectivity index (χ1n) is 6.52. The van der Waals surface area contributed by atoms with E-state index in [-0.39, 0.29) is 5.91 Å². The van der Waals surface area contributed by atoms with Gasteiger partial charge in [0.2, 0.25) is 5.91 Å². The second-order valence-electron chi connectivity index (χ2n) is 5.56. The van der Waals surface area contributed by atoms with Gasteiger partial charge in [-0.05, 0) is 23.3 Å². The number of amides is 1. The van der Waals surface area contributed by atoms with Crippen LogP contribution in [0.25, 0.3) is 10.8 Å². The number of carbonyl (C=O) groups is 1. The second kappa shape index (κ2) is 4.35. The van der Waals surface area contributed by atoms with Gasteiger partial charge < -0.3 is 10.0 Å². The molecular formula is C16H17NO2. The van der Waals surface area contributed by atoms with Gasteiger partial charge in [0.15, 0.2) is 0 Å². The van der Waals surface area contributed by atoms with Crippen molar-refractivity contribution in [2.24, 2.45) is 0 Å². The molecule has 0 bridgehead atoms. The predicted molar refractivity (Wildman–Crippen MR) is 74.9 cm³/mol. The first kappa shape index (κ1) is 12.2. The Kier molecular flexibility index (Phi) is 2.79. The Balaban J connectivity index is 1.80. The van der Waals surface area contributed by atoms with Crippen LogP contribution in [0.1, 0.15) is 12.5 Å². The number of nitrogens with zero attached hydrogens (tertiary/aromatic N) is 1. The average Bonchev–Trinajstić information content (AvgIpc) is 2.36. The smallest absolute Gasteiger partial charge is 0.227 e. The Labute approximate surface area is 112 Å². The Morgan fingerprint density at radius 2 is 1.89 bits per heavy atom. The monoisotopic (exact) mass is 255 g/mol. The number of β-amino-alcohol motifs (C(OH)–C–C–N with tert-alkyl or cyclic N) is 1. The molecule has 19 heavy (non-hydrogen) atoms. The van der Waals surface area contributed by atoms with Gasteiger partial charge in [0.25, 0.3) is 0 Å². The van der Waals surface area contributed by atoms with E-state index in [9.17, 15) is 9.90 Å². The van der Waals surface area contributed by atoms with Crippen molar-refractivity contribution in [1.29, 1.82) is 0 Å². The molecule has 0 atom stereocenters. The molecule has 1 fully saturated rings. The van der Waals surface area contributed by atoms with E-state index in [2.05, 4.69) is 12.1 Å². The number of hydrogen-bond donors (Lipinski definition) is 1. The molecule has 2 aromatic rings. The van der Waals surface area contributed by atoms with Gasteiger partial charge in [0, 0.05) is 0 Å². The van der Waals surface area contributed by atoms with Gasteiger partial charge in [-0.25, -0.2) is 0 Å². The van der Waals surface area contributed by atoms with Crippen LogP contribution in [0.3, 0.4) is 0 Å². The zero-order chi connectivity index (χ0) is 13.5. The molecule has 0 aromatic heterocycles. The molecule has 1 aliphatic rings. The first-order valence-corrected chi connectivity index (χ1v) is 6.52. The molecule has 3 heteroatoms. The number of rotatable bonds is 2. The topological polar surface area (TPSA) is 40.5 Å². The first-order chi connectivity index (χ1) is 9.05. The largest absolute Gasteiger partial charge is 0.386 e. The number of carbonyl (C=O) groups excluding carboxylic acids is 1. The summed E-state index contributed by atoms with van der Waals surface area (Å²) in [6.45, 7) is 2.64. The highest BCUT2D eigenvalue weighted by atomic mass is 16.3. The number of likely N-dealkylation sites (tertiary alicyclic amines) is 1. The lowest BCUT2D eigenvalue weighted by Gasteiger charge is -2.44. The highest BCUT2D eigenvalue weighted by Crippen LogP contribution is 2.23. The fourth-order valence-corrected chi connectivity index (χ4v) is 2.67. The number of benzene rings is 2. The highest BCUT2D eigenvalue weighted by Gasteiger charge is 2.39. The minimum absolute atomic E-state index is 0.0860. The molecule has 0 radical (unpaired) electrons. The molecule has 0 unspecified atom stereocenters. The third-order valence-corrected chi connectivity index (χ3v) is 3.64. The fourth-order valence-electron chi connectivity index (χ4n) is 2.67. The van der Waals surface area contributed by atoms with Crippen molar-refractivity contribution < 1.29 is 9.90 Å². The van der Waals surface area contributed by atoms with Crippen LogP contribution in [0, 0.1) is 0 Å². The van der Waals surface area contributed by atoms with Crippen molar-refractivity contribution in [3.8, 4) is 0 Å². The molecule has 1 N–H and O–H groups in total. The Hall–Kier alpha value is -1.87. The van der Waals surface area contributed by atoms with Gasteiger partial charge in [-0.1, -0.05) is 42.5 Å². The van der Waals surface area contributed by atoms with Crippen molar-refractivity contribution in [1.82, 2.24) is 4.90 Å². The van der Waals surface area contributed by atoms with E-state index in [0.29, 0.717) is 19.5 Å². The van der Waals surface area contributed by atoms with Crippen LogP contribution in [0.15, 0.2) is 42.5 Å². The van der Waals surface area contributed by atoms with Gasteiger partial charge in [-0.15, -0.1) is 0 Å². The molecule has 2 aromatic carbocycles. The Morgan fingerprint density at radius 1 is 1.21 bits per heavy atom. The van der Waals surface area contributed by atoms with Crippen LogP contribution in [-0.4, -0.2) is 34.6 Å². The molecule has 98 valence electrons. The minimum atomic E-state index is -0.700. The van der Waals surface area contributed by atoms with E-state index in [1.54, 1.807) is 11.8 Å². The van der Waals surface area contributed by atoms with E-state index in [0.717, 1.165) is 16.3 Å². The number of aliphatic hydroxyl groups is 1. The maximum Gasteiger partial charge on any atom is 0.227 e. The maximum absolute atomic E-state index is 12.1. The molecule has 1 heterocycles. The summed E-state index contributed by atoms with van der Waals surface area (Å²) in [4.78, 5) is 13.9. The number of hydrogen-bond acceptors (Lipinski definition) is 2. The Bertz CT molecular complexity index is 620. The van der Waals surface area contributed by atoms with Crippen LogP contribution in [0.2, 0.25) is 0 Å². The SMILES string of the molecule is CC1(O)CN(C(=O)Cc2cccc3ccccc23)C1. The van der Waals surface area contributed by atoms with Crippen LogP contribution in [-0.2, 0) is 11.2 Å². The molecule has 3 rings (SSSR count). The quantitative estimate of drug-likeness (QED) is 0.891. The van der Waals surface area contributed by atoms with Crippen LogP contribution in [0.5, 0.6) is 0 Å². The summed E-state index contributed by atoms with van der Waals surface area (Å²) in [5.74, 6) is 0.0860. The highest BCUT2D eigenvalue weighted by molar-refractivity contribution is 5.90. The maximum atomic E-state index is 12.1. The molecule has 0 aliphatic carbocycles. The predicted octanol–water partition coefficient (Wildman–Crippen LogP) is 1.98. The van der Waals surface area contributed by atoms with Gasteiger partial charge in [-0.3, -0.25) is 4.79 Å². The molecular weight excluding hydrogens is 238 g/mol. The molecule has 0 spiro atoms. The van der Waals surface area contributed by atoms with E-state index in [4.69, 9.17) is 0 Å². The minimum Gasteiger partial charge on any atom is -0.386 e. The van der Waals surface area contributed by atoms with Crippen LogP contribution < -0.4 is 0 Å². The second-order valence-corrected chi connectivity index (χ2v) is 5.56. The lowest BCUT2D eigenvalue weighted by molar-refractivity contribution is -0.151. The van der Waals surface area contributed by atoms with Gasteiger partial charge in [0.05, 0.1) is 25.1 Å². The third kappa shape index (κ3) is 2.34. The average molecular weight is 255 g/mol. The zero-order valence-corrected chi connectivity index (χ0v) is 11.0.